The van der Waals surface area contributed by atoms with Crippen LogP contribution in [0.3, 0.4) is 0 Å². The van der Waals surface area contributed by atoms with Crippen LogP contribution in [0.2, 0.25) is 0 Å². The molecule has 3 aromatic carbocycles. The van der Waals surface area contributed by atoms with Gasteiger partial charge in [-0.25, -0.2) is 0 Å². The predicted molar refractivity (Wildman–Crippen MR) is 91.2 cm³/mol. The lowest BCUT2D eigenvalue weighted by molar-refractivity contribution is 0.100. The molecule has 0 aliphatic carbocycles. The summed E-state index contributed by atoms with van der Waals surface area (Å²) in [5, 5.41) is 0. The van der Waals surface area contributed by atoms with Gasteiger partial charge in [0.05, 0.1) is 0 Å². The number of rotatable bonds is 5. The molecule has 0 bridgehead atoms. The highest BCUT2D eigenvalue weighted by Gasteiger charge is 2.03. The maximum atomic E-state index is 11.1. The van der Waals surface area contributed by atoms with Crippen molar-refractivity contribution in [2.45, 2.75) is 6.61 Å². The molecule has 114 valence electrons. The minimum Gasteiger partial charge on any atom is -0.489 e. The Balaban J connectivity index is 1.75. The van der Waals surface area contributed by atoms with Crippen LogP contribution in [0.4, 0.5) is 0 Å². The number of benzene rings is 3. The molecule has 3 nitrogen and oxygen atoms in total. The molecule has 0 radical (unpaired) electrons. The van der Waals surface area contributed by atoms with Crippen molar-refractivity contribution in [1.29, 1.82) is 0 Å². The fourth-order valence-corrected chi connectivity index (χ4v) is 2.33. The number of hydrogen-bond acceptors (Lipinski definition) is 2. The van der Waals surface area contributed by atoms with Crippen molar-refractivity contribution in [1.82, 2.24) is 0 Å². The van der Waals surface area contributed by atoms with Crippen molar-refractivity contribution in [2.24, 2.45) is 5.73 Å². The Morgan fingerprint density at radius 2 is 1.57 bits per heavy atom. The molecule has 0 saturated heterocycles. The van der Waals surface area contributed by atoms with E-state index in [4.69, 9.17) is 10.5 Å². The minimum atomic E-state index is -0.420. The first-order chi connectivity index (χ1) is 11.2. The van der Waals surface area contributed by atoms with E-state index in [2.05, 4.69) is 0 Å². The Kier molecular flexibility index (Phi) is 4.39. The Morgan fingerprint density at radius 3 is 2.26 bits per heavy atom. The maximum Gasteiger partial charge on any atom is 0.248 e. The molecule has 0 aromatic heterocycles. The zero-order valence-electron chi connectivity index (χ0n) is 12.6. The molecular weight excluding hydrogens is 286 g/mol. The summed E-state index contributed by atoms with van der Waals surface area (Å²) in [5.74, 6) is 0.391. The molecule has 0 heterocycles. The molecule has 0 spiro atoms. The Morgan fingerprint density at radius 1 is 0.826 bits per heavy atom. The number of nitrogens with two attached hydrogens (primary N) is 1. The largest absolute Gasteiger partial charge is 0.489 e. The van der Waals surface area contributed by atoms with Gasteiger partial charge in [-0.2, -0.15) is 0 Å². The van der Waals surface area contributed by atoms with Crippen LogP contribution in [0.25, 0.3) is 11.1 Å². The second-order valence-corrected chi connectivity index (χ2v) is 5.24. The third-order valence-electron chi connectivity index (χ3n) is 3.59. The van der Waals surface area contributed by atoms with Crippen LogP contribution >= 0.6 is 0 Å². The summed E-state index contributed by atoms with van der Waals surface area (Å²) in [7, 11) is 0. The summed E-state index contributed by atoms with van der Waals surface area (Å²) >= 11 is 0. The first kappa shape index (κ1) is 14.9. The second-order valence-electron chi connectivity index (χ2n) is 5.24. The topological polar surface area (TPSA) is 52.3 Å². The van der Waals surface area contributed by atoms with Crippen molar-refractivity contribution in [3.8, 4) is 16.9 Å². The molecule has 0 saturated carbocycles. The number of hydrogen-bond donors (Lipinski definition) is 1. The van der Waals surface area contributed by atoms with E-state index in [1.165, 1.54) is 0 Å². The zero-order chi connectivity index (χ0) is 16.1. The van der Waals surface area contributed by atoms with Gasteiger partial charge in [-0.15, -0.1) is 0 Å². The molecule has 3 rings (SSSR count). The second kappa shape index (κ2) is 6.79. The first-order valence-electron chi connectivity index (χ1n) is 7.39. The number of carbonyl (C=O) groups is 1. The molecule has 3 heteroatoms. The van der Waals surface area contributed by atoms with Crippen LogP contribution in [-0.4, -0.2) is 5.91 Å². The lowest BCUT2D eigenvalue weighted by Crippen LogP contribution is -2.10. The molecule has 0 fully saturated rings. The van der Waals surface area contributed by atoms with Crippen LogP contribution in [0.15, 0.2) is 78.9 Å². The highest BCUT2D eigenvalue weighted by Crippen LogP contribution is 2.24. The molecule has 23 heavy (non-hydrogen) atoms. The van der Waals surface area contributed by atoms with Crippen LogP contribution in [-0.2, 0) is 6.61 Å². The molecule has 0 unspecified atom stereocenters. The fraction of sp³-hybridized carbons (Fsp3) is 0.0500. The Hall–Kier alpha value is -3.07. The van der Waals surface area contributed by atoms with E-state index >= 15 is 0 Å². The molecule has 0 aliphatic rings. The van der Waals surface area contributed by atoms with Gasteiger partial charge in [0, 0.05) is 5.56 Å². The van der Waals surface area contributed by atoms with Gasteiger partial charge in [0.1, 0.15) is 12.4 Å². The third-order valence-corrected chi connectivity index (χ3v) is 3.59. The highest BCUT2D eigenvalue weighted by atomic mass is 16.5. The summed E-state index contributed by atoms with van der Waals surface area (Å²) in [6.07, 6.45) is 0. The molecule has 0 atom stereocenters. The lowest BCUT2D eigenvalue weighted by atomic mass is 10.0. The number of amides is 1. The number of primary amides is 1. The monoisotopic (exact) mass is 303 g/mol. The quantitative estimate of drug-likeness (QED) is 0.773. The van der Waals surface area contributed by atoms with Gasteiger partial charge in [0.2, 0.25) is 5.91 Å². The van der Waals surface area contributed by atoms with E-state index in [1.807, 2.05) is 66.7 Å². The average Bonchev–Trinajstić information content (AvgIpc) is 2.61. The standard InChI is InChI=1S/C20H17NO2/c21-20(22)17-11-9-16(10-12-17)18-7-4-8-19(13-18)23-14-15-5-2-1-3-6-15/h1-13H,14H2,(H2,21,22). The molecule has 2 N–H and O–H groups in total. The maximum absolute atomic E-state index is 11.1. The summed E-state index contributed by atoms with van der Waals surface area (Å²) in [4.78, 5) is 11.1. The van der Waals surface area contributed by atoms with Gasteiger partial charge in [-0.3, -0.25) is 4.79 Å². The van der Waals surface area contributed by atoms with Gasteiger partial charge >= 0.3 is 0 Å². The SMILES string of the molecule is NC(=O)c1ccc(-c2cccc(OCc3ccccc3)c2)cc1. The average molecular weight is 303 g/mol. The Labute approximate surface area is 135 Å². The molecule has 0 aliphatic heterocycles. The summed E-state index contributed by atoms with van der Waals surface area (Å²) in [6.45, 7) is 0.533. The van der Waals surface area contributed by atoms with Gasteiger partial charge in [0.15, 0.2) is 0 Å². The van der Waals surface area contributed by atoms with Gasteiger partial charge < -0.3 is 10.5 Å². The zero-order valence-corrected chi connectivity index (χ0v) is 12.6. The minimum absolute atomic E-state index is 0.420. The number of ether oxygens (including phenoxy) is 1. The normalized spacial score (nSPS) is 10.3. The van der Waals surface area contributed by atoms with Crippen molar-refractivity contribution in [3.05, 3.63) is 90.0 Å². The van der Waals surface area contributed by atoms with Crippen LogP contribution in [0, 0.1) is 0 Å². The predicted octanol–water partition coefficient (Wildman–Crippen LogP) is 4.03. The van der Waals surface area contributed by atoms with Crippen LogP contribution < -0.4 is 10.5 Å². The summed E-state index contributed by atoms with van der Waals surface area (Å²) in [6, 6.07) is 25.2. The van der Waals surface area contributed by atoms with Crippen molar-refractivity contribution < 1.29 is 9.53 Å². The van der Waals surface area contributed by atoms with E-state index in [0.29, 0.717) is 12.2 Å². The summed E-state index contributed by atoms with van der Waals surface area (Å²) < 4.78 is 5.84. The van der Waals surface area contributed by atoms with Gasteiger partial charge in [0.25, 0.3) is 0 Å². The third kappa shape index (κ3) is 3.77. The van der Waals surface area contributed by atoms with Crippen molar-refractivity contribution in [2.75, 3.05) is 0 Å². The fourth-order valence-electron chi connectivity index (χ4n) is 2.33. The van der Waals surface area contributed by atoms with Crippen LogP contribution in [0.1, 0.15) is 15.9 Å². The smallest absolute Gasteiger partial charge is 0.248 e. The van der Waals surface area contributed by atoms with E-state index in [0.717, 1.165) is 22.4 Å². The number of carbonyl (C=O) groups excluding carboxylic acids is 1. The van der Waals surface area contributed by atoms with Crippen molar-refractivity contribution in [3.63, 3.8) is 0 Å². The molecule has 1 amide bonds. The highest BCUT2D eigenvalue weighted by molar-refractivity contribution is 5.93. The Bertz CT molecular complexity index is 795. The van der Waals surface area contributed by atoms with Gasteiger partial charge in [-0.1, -0.05) is 54.6 Å². The lowest BCUT2D eigenvalue weighted by Gasteiger charge is -2.09. The van der Waals surface area contributed by atoms with E-state index < -0.39 is 5.91 Å². The van der Waals surface area contributed by atoms with E-state index in [1.54, 1.807) is 12.1 Å². The van der Waals surface area contributed by atoms with Crippen LogP contribution in [0.5, 0.6) is 5.75 Å². The van der Waals surface area contributed by atoms with Crippen molar-refractivity contribution >= 4 is 5.91 Å². The van der Waals surface area contributed by atoms with Gasteiger partial charge in [-0.05, 0) is 41.0 Å². The molecule has 3 aromatic rings. The van der Waals surface area contributed by atoms with E-state index in [-0.39, 0.29) is 0 Å². The first-order valence-corrected chi connectivity index (χ1v) is 7.39. The van der Waals surface area contributed by atoms with E-state index in [9.17, 15) is 4.79 Å². The summed E-state index contributed by atoms with van der Waals surface area (Å²) in [5.41, 5.74) is 8.94. The molecular formula is C20H17NO2.